The summed E-state index contributed by atoms with van der Waals surface area (Å²) in [6, 6.07) is 0.112. The van der Waals surface area contributed by atoms with Crippen LogP contribution in [0.2, 0.25) is 0 Å². The second-order valence-electron chi connectivity index (χ2n) is 7.18. The maximum absolute atomic E-state index is 12.5. The van der Waals surface area contributed by atoms with Gasteiger partial charge in [-0.1, -0.05) is 6.92 Å². The summed E-state index contributed by atoms with van der Waals surface area (Å²) in [5.41, 5.74) is 1.13. The second-order valence-corrected chi connectivity index (χ2v) is 7.18. The SMILES string of the molecule is CCN1CCO[C@@H](CNC(=O)C2CCC(O)CC2)[C@@H]1c1cnn(C)c1. The van der Waals surface area contributed by atoms with Crippen LogP contribution in [-0.4, -0.2) is 64.1 Å². The topological polar surface area (TPSA) is 79.6 Å². The van der Waals surface area contributed by atoms with Crippen LogP contribution in [0.1, 0.15) is 44.2 Å². The zero-order valence-electron chi connectivity index (χ0n) is 15.2. The first-order valence-electron chi connectivity index (χ1n) is 9.38. The van der Waals surface area contributed by atoms with Gasteiger partial charge in [-0.15, -0.1) is 0 Å². The predicted octanol–water partition coefficient (Wildman–Crippen LogP) is 0.849. The minimum absolute atomic E-state index is 0.0195. The Morgan fingerprint density at radius 2 is 2.16 bits per heavy atom. The number of nitrogens with one attached hydrogen (secondary N) is 1. The Morgan fingerprint density at radius 1 is 1.40 bits per heavy atom. The summed E-state index contributed by atoms with van der Waals surface area (Å²) >= 11 is 0. The molecule has 1 saturated heterocycles. The lowest BCUT2D eigenvalue weighted by atomic mass is 9.87. The fraction of sp³-hybridized carbons (Fsp3) is 0.778. The van der Waals surface area contributed by atoms with Gasteiger partial charge in [0.15, 0.2) is 0 Å². The van der Waals surface area contributed by atoms with E-state index in [0.717, 1.165) is 44.3 Å². The smallest absolute Gasteiger partial charge is 0.223 e. The number of amides is 1. The third-order valence-electron chi connectivity index (χ3n) is 5.47. The lowest BCUT2D eigenvalue weighted by molar-refractivity contribution is -0.128. The predicted molar refractivity (Wildman–Crippen MR) is 93.9 cm³/mol. The van der Waals surface area contributed by atoms with Crippen LogP contribution >= 0.6 is 0 Å². The molecule has 7 nitrogen and oxygen atoms in total. The number of morpholine rings is 1. The van der Waals surface area contributed by atoms with Gasteiger partial charge in [-0.3, -0.25) is 14.4 Å². The Hall–Kier alpha value is -1.44. The Balaban J connectivity index is 1.61. The Bertz CT molecular complexity index is 568. The highest BCUT2D eigenvalue weighted by Gasteiger charge is 2.34. The summed E-state index contributed by atoms with van der Waals surface area (Å²) in [6.45, 7) is 5.17. The van der Waals surface area contributed by atoms with Gasteiger partial charge in [0.2, 0.25) is 5.91 Å². The molecule has 140 valence electrons. The van der Waals surface area contributed by atoms with Crippen molar-refractivity contribution < 1.29 is 14.6 Å². The van der Waals surface area contributed by atoms with E-state index in [2.05, 4.69) is 22.2 Å². The molecule has 25 heavy (non-hydrogen) atoms. The molecule has 2 aliphatic rings. The van der Waals surface area contributed by atoms with E-state index < -0.39 is 0 Å². The van der Waals surface area contributed by atoms with Gasteiger partial charge in [0.25, 0.3) is 0 Å². The molecule has 1 aliphatic carbocycles. The molecular formula is C18H30N4O3. The lowest BCUT2D eigenvalue weighted by Gasteiger charge is -2.40. The number of ether oxygens (including phenoxy) is 1. The van der Waals surface area contributed by atoms with Crippen molar-refractivity contribution in [1.29, 1.82) is 0 Å². The van der Waals surface area contributed by atoms with Crippen molar-refractivity contribution in [2.45, 2.75) is 50.9 Å². The number of aromatic nitrogens is 2. The van der Waals surface area contributed by atoms with Gasteiger partial charge in [0.1, 0.15) is 0 Å². The highest BCUT2D eigenvalue weighted by molar-refractivity contribution is 5.78. The molecule has 2 atom stereocenters. The van der Waals surface area contributed by atoms with Crippen molar-refractivity contribution in [2.24, 2.45) is 13.0 Å². The van der Waals surface area contributed by atoms with Crippen molar-refractivity contribution in [3.63, 3.8) is 0 Å². The van der Waals surface area contributed by atoms with E-state index in [0.29, 0.717) is 13.2 Å². The van der Waals surface area contributed by atoms with Crippen molar-refractivity contribution in [2.75, 3.05) is 26.2 Å². The summed E-state index contributed by atoms with van der Waals surface area (Å²) in [5.74, 6) is 0.111. The zero-order valence-corrected chi connectivity index (χ0v) is 15.2. The van der Waals surface area contributed by atoms with Crippen LogP contribution < -0.4 is 5.32 Å². The first-order chi connectivity index (χ1) is 12.1. The van der Waals surface area contributed by atoms with Gasteiger partial charge >= 0.3 is 0 Å². The number of likely N-dealkylation sites (N-methyl/N-ethyl adjacent to an activating group) is 1. The van der Waals surface area contributed by atoms with Crippen LogP contribution in [0.15, 0.2) is 12.4 Å². The second kappa shape index (κ2) is 8.29. The van der Waals surface area contributed by atoms with Gasteiger partial charge in [-0.2, -0.15) is 5.10 Å². The highest BCUT2D eigenvalue weighted by Crippen LogP contribution is 2.29. The number of hydrogen-bond acceptors (Lipinski definition) is 5. The number of nitrogens with zero attached hydrogens (tertiary/aromatic N) is 3. The molecule has 0 bridgehead atoms. The summed E-state index contributed by atoms with van der Waals surface area (Å²) in [7, 11) is 1.91. The van der Waals surface area contributed by atoms with Gasteiger partial charge in [-0.05, 0) is 32.2 Å². The first kappa shape index (κ1) is 18.4. The summed E-state index contributed by atoms with van der Waals surface area (Å²) in [4.78, 5) is 14.9. The average Bonchev–Trinajstić information content (AvgIpc) is 3.05. The summed E-state index contributed by atoms with van der Waals surface area (Å²) < 4.78 is 7.81. The molecule has 2 heterocycles. The van der Waals surface area contributed by atoms with E-state index in [1.54, 1.807) is 4.68 Å². The van der Waals surface area contributed by atoms with E-state index in [1.807, 2.05) is 19.4 Å². The zero-order chi connectivity index (χ0) is 17.8. The fourth-order valence-corrected chi connectivity index (χ4v) is 4.01. The standard InChI is InChI=1S/C18H30N4O3/c1-3-22-8-9-25-16(17(22)14-10-20-21(2)12-14)11-19-18(24)13-4-6-15(23)7-5-13/h10,12-13,15-17,23H,3-9,11H2,1-2H3,(H,19,24)/t13?,15?,16-,17-/m0/s1. The number of rotatable bonds is 5. The average molecular weight is 350 g/mol. The van der Waals surface area contributed by atoms with Crippen LogP contribution in [0.25, 0.3) is 0 Å². The van der Waals surface area contributed by atoms with Crippen molar-refractivity contribution >= 4 is 5.91 Å². The Labute approximate surface area is 149 Å². The molecule has 1 saturated carbocycles. The van der Waals surface area contributed by atoms with Gasteiger partial charge in [0, 0.05) is 37.8 Å². The molecule has 2 N–H and O–H groups in total. The van der Waals surface area contributed by atoms with Gasteiger partial charge < -0.3 is 15.2 Å². The normalized spacial score (nSPS) is 31.0. The monoisotopic (exact) mass is 350 g/mol. The highest BCUT2D eigenvalue weighted by atomic mass is 16.5. The van der Waals surface area contributed by atoms with Crippen molar-refractivity contribution in [3.8, 4) is 0 Å². The third kappa shape index (κ3) is 4.40. The number of aliphatic hydroxyl groups is 1. The molecule has 0 radical (unpaired) electrons. The molecule has 0 spiro atoms. The molecule has 1 aliphatic heterocycles. The van der Waals surface area contributed by atoms with Crippen LogP contribution in [0.5, 0.6) is 0 Å². The van der Waals surface area contributed by atoms with Crippen molar-refractivity contribution in [3.05, 3.63) is 18.0 Å². The number of aliphatic hydroxyl groups excluding tert-OH is 1. The molecule has 2 fully saturated rings. The minimum atomic E-state index is -0.237. The van der Waals surface area contributed by atoms with Crippen LogP contribution in [0.3, 0.4) is 0 Å². The first-order valence-corrected chi connectivity index (χ1v) is 9.38. The molecule has 3 rings (SSSR count). The summed E-state index contributed by atoms with van der Waals surface area (Å²) in [5, 5.41) is 17.0. The Kier molecular flexibility index (Phi) is 6.09. The van der Waals surface area contributed by atoms with Gasteiger partial charge in [0.05, 0.1) is 31.1 Å². The third-order valence-corrected chi connectivity index (χ3v) is 5.47. The van der Waals surface area contributed by atoms with Crippen LogP contribution in [0.4, 0.5) is 0 Å². The van der Waals surface area contributed by atoms with E-state index >= 15 is 0 Å². The summed E-state index contributed by atoms with van der Waals surface area (Å²) in [6.07, 6.45) is 6.59. The largest absolute Gasteiger partial charge is 0.393 e. The van der Waals surface area contributed by atoms with E-state index in [-0.39, 0.29) is 30.1 Å². The molecular weight excluding hydrogens is 320 g/mol. The molecule has 0 unspecified atom stereocenters. The molecule has 1 aromatic rings. The van der Waals surface area contributed by atoms with E-state index in [4.69, 9.17) is 4.74 Å². The van der Waals surface area contributed by atoms with Crippen LogP contribution in [-0.2, 0) is 16.6 Å². The van der Waals surface area contributed by atoms with E-state index in [1.165, 1.54) is 0 Å². The minimum Gasteiger partial charge on any atom is -0.393 e. The molecule has 1 aromatic heterocycles. The maximum atomic E-state index is 12.5. The van der Waals surface area contributed by atoms with Crippen molar-refractivity contribution in [1.82, 2.24) is 20.0 Å². The number of carbonyl (C=O) groups is 1. The quantitative estimate of drug-likeness (QED) is 0.823. The molecule has 1 amide bonds. The number of carbonyl (C=O) groups excluding carboxylic acids is 1. The lowest BCUT2D eigenvalue weighted by Crippen LogP contribution is -2.50. The van der Waals surface area contributed by atoms with Gasteiger partial charge in [-0.25, -0.2) is 0 Å². The number of aryl methyl sites for hydroxylation is 1. The Morgan fingerprint density at radius 3 is 2.80 bits per heavy atom. The fourth-order valence-electron chi connectivity index (χ4n) is 4.01. The number of hydrogen-bond donors (Lipinski definition) is 2. The van der Waals surface area contributed by atoms with Crippen LogP contribution in [0, 0.1) is 5.92 Å². The molecule has 0 aromatic carbocycles. The maximum Gasteiger partial charge on any atom is 0.223 e. The van der Waals surface area contributed by atoms with E-state index in [9.17, 15) is 9.90 Å². The molecule has 7 heteroatoms.